The summed E-state index contributed by atoms with van der Waals surface area (Å²) >= 11 is 0. The third-order valence-corrected chi connectivity index (χ3v) is 2.63. The normalized spacial score (nSPS) is 14.4. The highest BCUT2D eigenvalue weighted by molar-refractivity contribution is 5.69. The molecule has 1 aromatic rings. The van der Waals surface area contributed by atoms with Gasteiger partial charge in [0.2, 0.25) is 0 Å². The van der Waals surface area contributed by atoms with E-state index in [0.29, 0.717) is 6.42 Å². The second-order valence-corrected chi connectivity index (χ2v) is 3.87. The summed E-state index contributed by atoms with van der Waals surface area (Å²) in [7, 11) is 1.77. The highest BCUT2D eigenvalue weighted by Crippen LogP contribution is 2.21. The fourth-order valence-electron chi connectivity index (χ4n) is 1.57. The van der Waals surface area contributed by atoms with Crippen molar-refractivity contribution >= 4 is 5.97 Å². The summed E-state index contributed by atoms with van der Waals surface area (Å²) in [5, 5.41) is 11.9. The molecule has 0 fully saturated rings. The van der Waals surface area contributed by atoms with E-state index in [4.69, 9.17) is 5.11 Å². The van der Waals surface area contributed by atoms with Crippen LogP contribution < -0.4 is 5.32 Å². The molecule has 16 heavy (non-hydrogen) atoms. The van der Waals surface area contributed by atoms with E-state index in [1.165, 1.54) is 12.1 Å². The Kier molecular flexibility index (Phi) is 4.43. The van der Waals surface area contributed by atoms with Crippen molar-refractivity contribution in [3.8, 4) is 0 Å². The summed E-state index contributed by atoms with van der Waals surface area (Å²) in [6.45, 7) is 1.66. The molecule has 4 heteroatoms. The van der Waals surface area contributed by atoms with Gasteiger partial charge in [-0.05, 0) is 31.2 Å². The van der Waals surface area contributed by atoms with Gasteiger partial charge in [-0.3, -0.25) is 4.79 Å². The first-order chi connectivity index (χ1) is 7.54. The van der Waals surface area contributed by atoms with Crippen molar-refractivity contribution in [2.45, 2.75) is 19.4 Å². The summed E-state index contributed by atoms with van der Waals surface area (Å²) in [5.74, 6) is -1.53. The van der Waals surface area contributed by atoms with Crippen LogP contribution in [0.15, 0.2) is 24.3 Å². The van der Waals surface area contributed by atoms with E-state index in [0.717, 1.165) is 5.56 Å². The van der Waals surface area contributed by atoms with Crippen molar-refractivity contribution in [1.82, 2.24) is 5.32 Å². The van der Waals surface area contributed by atoms with Crippen molar-refractivity contribution < 1.29 is 14.3 Å². The molecular formula is C12H16FNO2. The van der Waals surface area contributed by atoms with Crippen LogP contribution in [0, 0.1) is 11.7 Å². The molecule has 1 aromatic carbocycles. The van der Waals surface area contributed by atoms with Crippen LogP contribution in [0.5, 0.6) is 0 Å². The minimum atomic E-state index is -0.817. The monoisotopic (exact) mass is 225 g/mol. The average Bonchev–Trinajstić information content (AvgIpc) is 2.26. The van der Waals surface area contributed by atoms with Gasteiger partial charge in [0.1, 0.15) is 5.82 Å². The number of hydrogen-bond acceptors (Lipinski definition) is 2. The minimum Gasteiger partial charge on any atom is -0.481 e. The number of benzene rings is 1. The van der Waals surface area contributed by atoms with E-state index < -0.39 is 11.9 Å². The Hall–Kier alpha value is -1.42. The average molecular weight is 225 g/mol. The number of rotatable bonds is 5. The van der Waals surface area contributed by atoms with Gasteiger partial charge in [-0.15, -0.1) is 0 Å². The van der Waals surface area contributed by atoms with Crippen LogP contribution >= 0.6 is 0 Å². The number of carbonyl (C=O) groups is 1. The molecular weight excluding hydrogens is 209 g/mol. The zero-order valence-electron chi connectivity index (χ0n) is 9.40. The van der Waals surface area contributed by atoms with Gasteiger partial charge in [-0.1, -0.05) is 19.1 Å². The Balaban J connectivity index is 2.74. The van der Waals surface area contributed by atoms with E-state index in [9.17, 15) is 9.18 Å². The smallest absolute Gasteiger partial charge is 0.306 e. The molecule has 2 atom stereocenters. The predicted molar refractivity (Wildman–Crippen MR) is 59.6 cm³/mol. The van der Waals surface area contributed by atoms with Crippen LogP contribution in [0.4, 0.5) is 4.39 Å². The molecule has 0 spiro atoms. The third-order valence-electron chi connectivity index (χ3n) is 2.63. The maximum atomic E-state index is 12.7. The van der Waals surface area contributed by atoms with Crippen molar-refractivity contribution in [1.29, 1.82) is 0 Å². The standard InChI is InChI=1S/C12H16FNO2/c1-8(12(15)16)7-11(14-2)9-3-5-10(13)6-4-9/h3-6,8,11,14H,7H2,1-2H3,(H,15,16). The van der Waals surface area contributed by atoms with Gasteiger partial charge in [-0.2, -0.15) is 0 Å². The maximum Gasteiger partial charge on any atom is 0.306 e. The van der Waals surface area contributed by atoms with E-state index in [-0.39, 0.29) is 11.9 Å². The number of carboxylic acids is 1. The van der Waals surface area contributed by atoms with Gasteiger partial charge in [0.15, 0.2) is 0 Å². The molecule has 0 aliphatic rings. The Morgan fingerprint density at radius 3 is 2.44 bits per heavy atom. The Bertz CT molecular complexity index is 351. The number of carboxylic acid groups (broad SMARTS) is 1. The lowest BCUT2D eigenvalue weighted by Gasteiger charge is -2.18. The fourth-order valence-corrected chi connectivity index (χ4v) is 1.57. The molecule has 2 unspecified atom stereocenters. The summed E-state index contributed by atoms with van der Waals surface area (Å²) in [6.07, 6.45) is 0.484. The molecule has 0 aliphatic carbocycles. The van der Waals surface area contributed by atoms with Crippen LogP contribution in [-0.4, -0.2) is 18.1 Å². The second kappa shape index (κ2) is 5.61. The lowest BCUT2D eigenvalue weighted by Crippen LogP contribution is -2.22. The predicted octanol–water partition coefficient (Wildman–Crippen LogP) is 2.20. The molecule has 0 radical (unpaired) electrons. The summed E-state index contributed by atoms with van der Waals surface area (Å²) < 4.78 is 12.7. The van der Waals surface area contributed by atoms with Gasteiger partial charge in [0.25, 0.3) is 0 Å². The molecule has 1 rings (SSSR count). The number of halogens is 1. The summed E-state index contributed by atoms with van der Waals surface area (Å²) in [6, 6.07) is 6.04. The van der Waals surface area contributed by atoms with Crippen LogP contribution in [0.2, 0.25) is 0 Å². The quantitative estimate of drug-likeness (QED) is 0.807. The first kappa shape index (κ1) is 12.6. The van der Waals surface area contributed by atoms with Crippen molar-refractivity contribution in [3.05, 3.63) is 35.6 Å². The van der Waals surface area contributed by atoms with Gasteiger partial charge in [-0.25, -0.2) is 4.39 Å². The largest absolute Gasteiger partial charge is 0.481 e. The molecule has 3 nitrogen and oxygen atoms in total. The van der Waals surface area contributed by atoms with Gasteiger partial charge in [0, 0.05) is 6.04 Å². The van der Waals surface area contributed by atoms with E-state index in [1.54, 1.807) is 26.1 Å². The Labute approximate surface area is 94.3 Å². The Morgan fingerprint density at radius 2 is 2.00 bits per heavy atom. The molecule has 0 bridgehead atoms. The molecule has 0 aromatic heterocycles. The first-order valence-electron chi connectivity index (χ1n) is 5.20. The van der Waals surface area contributed by atoms with Crippen LogP contribution in [0.3, 0.4) is 0 Å². The van der Waals surface area contributed by atoms with Crippen molar-refractivity contribution in [2.75, 3.05) is 7.05 Å². The number of nitrogens with one attached hydrogen (secondary N) is 1. The highest BCUT2D eigenvalue weighted by atomic mass is 19.1. The van der Waals surface area contributed by atoms with E-state index in [1.807, 2.05) is 0 Å². The SMILES string of the molecule is CNC(CC(C)C(=O)O)c1ccc(F)cc1. The first-order valence-corrected chi connectivity index (χ1v) is 5.20. The van der Waals surface area contributed by atoms with Gasteiger partial charge < -0.3 is 10.4 Å². The lowest BCUT2D eigenvalue weighted by molar-refractivity contribution is -0.141. The molecule has 0 amide bonds. The maximum absolute atomic E-state index is 12.7. The molecule has 0 saturated heterocycles. The van der Waals surface area contributed by atoms with Crippen LogP contribution in [0.1, 0.15) is 24.9 Å². The summed E-state index contributed by atoms with van der Waals surface area (Å²) in [4.78, 5) is 10.7. The number of hydrogen-bond donors (Lipinski definition) is 2. The third kappa shape index (κ3) is 3.31. The molecule has 0 aliphatic heterocycles. The highest BCUT2D eigenvalue weighted by Gasteiger charge is 2.18. The molecule has 2 N–H and O–H groups in total. The fraction of sp³-hybridized carbons (Fsp3) is 0.417. The summed E-state index contributed by atoms with van der Waals surface area (Å²) in [5.41, 5.74) is 0.900. The number of aliphatic carboxylic acids is 1. The van der Waals surface area contributed by atoms with Crippen LogP contribution in [-0.2, 0) is 4.79 Å². The van der Waals surface area contributed by atoms with E-state index in [2.05, 4.69) is 5.32 Å². The zero-order valence-corrected chi connectivity index (χ0v) is 9.40. The molecule has 0 saturated carbocycles. The Morgan fingerprint density at radius 1 is 1.44 bits per heavy atom. The topological polar surface area (TPSA) is 49.3 Å². The molecule has 88 valence electrons. The molecule has 0 heterocycles. The zero-order chi connectivity index (χ0) is 12.1. The van der Waals surface area contributed by atoms with E-state index >= 15 is 0 Å². The van der Waals surface area contributed by atoms with Gasteiger partial charge >= 0.3 is 5.97 Å². The lowest BCUT2D eigenvalue weighted by atomic mass is 9.96. The van der Waals surface area contributed by atoms with Crippen molar-refractivity contribution in [2.24, 2.45) is 5.92 Å². The van der Waals surface area contributed by atoms with Crippen molar-refractivity contribution in [3.63, 3.8) is 0 Å². The second-order valence-electron chi connectivity index (χ2n) is 3.87. The van der Waals surface area contributed by atoms with Crippen LogP contribution in [0.25, 0.3) is 0 Å². The minimum absolute atomic E-state index is 0.0632. The van der Waals surface area contributed by atoms with Gasteiger partial charge in [0.05, 0.1) is 5.92 Å².